The third kappa shape index (κ3) is 2.43. The van der Waals surface area contributed by atoms with Crippen molar-refractivity contribution in [2.75, 3.05) is 0 Å². The van der Waals surface area contributed by atoms with Crippen LogP contribution < -0.4 is 0 Å². The van der Waals surface area contributed by atoms with E-state index in [-0.39, 0.29) is 0 Å². The molecular weight excluding hydrogens is 293 g/mol. The van der Waals surface area contributed by atoms with Gasteiger partial charge in [0.1, 0.15) is 0 Å². The summed E-state index contributed by atoms with van der Waals surface area (Å²) in [5.41, 5.74) is 2.23. The van der Waals surface area contributed by atoms with Gasteiger partial charge in [0.05, 0.1) is 29.1 Å². The molecule has 0 N–H and O–H groups in total. The molecule has 0 saturated heterocycles. The van der Waals surface area contributed by atoms with E-state index in [4.69, 9.17) is 23.2 Å². The minimum absolute atomic E-state index is 0.657. The summed E-state index contributed by atoms with van der Waals surface area (Å²) in [6, 6.07) is 5.74. The summed E-state index contributed by atoms with van der Waals surface area (Å²) in [6.07, 6.45) is 6.92. The Morgan fingerprint density at radius 2 is 2.05 bits per heavy atom. The molecular formula is C15H15Cl2N3. The van der Waals surface area contributed by atoms with Gasteiger partial charge in [-0.25, -0.2) is 4.98 Å². The Bertz CT molecular complexity index is 743. The van der Waals surface area contributed by atoms with Gasteiger partial charge in [-0.05, 0) is 24.6 Å². The van der Waals surface area contributed by atoms with Crippen LogP contribution in [0.25, 0.3) is 10.9 Å². The molecule has 0 atom stereocenters. The van der Waals surface area contributed by atoms with Crippen LogP contribution in [-0.4, -0.2) is 14.1 Å². The average Bonchev–Trinajstić information content (AvgIpc) is 2.99. The molecule has 0 spiro atoms. The topological polar surface area (TPSA) is 22.8 Å². The minimum Gasteiger partial charge on any atom is -0.341 e. The number of halogens is 2. The molecule has 3 nitrogen and oxygen atoms in total. The number of rotatable bonds is 4. The molecule has 0 unspecified atom stereocenters. The SMILES string of the molecule is CCCn1cncc1Cn1ccc2c(Cl)cc(Cl)cc21. The summed E-state index contributed by atoms with van der Waals surface area (Å²) < 4.78 is 4.33. The molecule has 20 heavy (non-hydrogen) atoms. The number of aryl methyl sites for hydroxylation is 1. The van der Waals surface area contributed by atoms with E-state index in [1.54, 1.807) is 6.07 Å². The lowest BCUT2D eigenvalue weighted by Crippen LogP contribution is -2.06. The summed E-state index contributed by atoms with van der Waals surface area (Å²) in [7, 11) is 0. The summed E-state index contributed by atoms with van der Waals surface area (Å²) in [5, 5.41) is 2.37. The highest BCUT2D eigenvalue weighted by Gasteiger charge is 2.09. The number of hydrogen-bond donors (Lipinski definition) is 0. The van der Waals surface area contributed by atoms with Crippen LogP contribution in [-0.2, 0) is 13.1 Å². The van der Waals surface area contributed by atoms with Gasteiger partial charge in [-0.1, -0.05) is 30.1 Å². The van der Waals surface area contributed by atoms with Gasteiger partial charge in [-0.3, -0.25) is 0 Å². The van der Waals surface area contributed by atoms with Crippen molar-refractivity contribution in [1.29, 1.82) is 0 Å². The Labute approximate surface area is 127 Å². The maximum Gasteiger partial charge on any atom is 0.0948 e. The Hall–Kier alpha value is -1.45. The number of fused-ring (bicyclic) bond motifs is 1. The van der Waals surface area contributed by atoms with E-state index in [1.165, 1.54) is 5.69 Å². The van der Waals surface area contributed by atoms with Crippen LogP contribution in [0.5, 0.6) is 0 Å². The Kier molecular flexibility index (Phi) is 3.72. The number of imidazole rings is 1. The second kappa shape index (κ2) is 5.51. The molecule has 0 aliphatic rings. The molecule has 0 amide bonds. The first-order chi connectivity index (χ1) is 9.69. The molecule has 0 saturated carbocycles. The quantitative estimate of drug-likeness (QED) is 0.690. The van der Waals surface area contributed by atoms with E-state index in [0.29, 0.717) is 10.0 Å². The summed E-state index contributed by atoms with van der Waals surface area (Å²) in [4.78, 5) is 4.23. The summed E-state index contributed by atoms with van der Waals surface area (Å²) in [6.45, 7) is 3.91. The van der Waals surface area contributed by atoms with Crippen LogP contribution in [0.15, 0.2) is 36.9 Å². The molecule has 5 heteroatoms. The third-order valence-electron chi connectivity index (χ3n) is 3.40. The van der Waals surface area contributed by atoms with Crippen molar-refractivity contribution in [3.05, 3.63) is 52.7 Å². The van der Waals surface area contributed by atoms with Gasteiger partial charge in [-0.2, -0.15) is 0 Å². The first-order valence-electron chi connectivity index (χ1n) is 6.62. The molecule has 0 aliphatic heterocycles. The Morgan fingerprint density at radius 1 is 1.20 bits per heavy atom. The van der Waals surface area contributed by atoms with Crippen molar-refractivity contribution < 1.29 is 0 Å². The standard InChI is InChI=1S/C15H15Cl2N3/c1-2-4-20-10-18-8-12(20)9-19-5-3-13-14(17)6-11(16)7-15(13)19/h3,5-8,10H,2,4,9H2,1H3. The van der Waals surface area contributed by atoms with Crippen molar-refractivity contribution in [2.45, 2.75) is 26.4 Å². The van der Waals surface area contributed by atoms with Crippen molar-refractivity contribution in [3.63, 3.8) is 0 Å². The number of benzene rings is 1. The van der Waals surface area contributed by atoms with Gasteiger partial charge in [0.2, 0.25) is 0 Å². The minimum atomic E-state index is 0.657. The van der Waals surface area contributed by atoms with Crippen molar-refractivity contribution in [1.82, 2.24) is 14.1 Å². The fraction of sp³-hybridized carbons (Fsp3) is 0.267. The van der Waals surface area contributed by atoms with E-state index >= 15 is 0 Å². The van der Waals surface area contributed by atoms with E-state index in [1.807, 2.05) is 30.9 Å². The van der Waals surface area contributed by atoms with Gasteiger partial charge < -0.3 is 9.13 Å². The van der Waals surface area contributed by atoms with Crippen molar-refractivity contribution in [3.8, 4) is 0 Å². The highest BCUT2D eigenvalue weighted by molar-refractivity contribution is 6.38. The fourth-order valence-corrected chi connectivity index (χ4v) is 3.00. The van der Waals surface area contributed by atoms with E-state index in [2.05, 4.69) is 21.0 Å². The van der Waals surface area contributed by atoms with Crippen LogP contribution in [0, 0.1) is 0 Å². The lowest BCUT2D eigenvalue weighted by molar-refractivity contribution is 0.629. The summed E-state index contributed by atoms with van der Waals surface area (Å²) >= 11 is 12.3. The van der Waals surface area contributed by atoms with Crippen molar-refractivity contribution in [2.24, 2.45) is 0 Å². The lowest BCUT2D eigenvalue weighted by Gasteiger charge is -2.09. The molecule has 2 aromatic heterocycles. The van der Waals surface area contributed by atoms with Gasteiger partial charge in [-0.15, -0.1) is 0 Å². The molecule has 104 valence electrons. The zero-order chi connectivity index (χ0) is 14.1. The molecule has 3 aromatic rings. The molecule has 0 fully saturated rings. The fourth-order valence-electron chi connectivity index (χ4n) is 2.45. The van der Waals surface area contributed by atoms with Crippen LogP contribution in [0.3, 0.4) is 0 Å². The van der Waals surface area contributed by atoms with Crippen molar-refractivity contribution >= 4 is 34.1 Å². The monoisotopic (exact) mass is 307 g/mol. The third-order valence-corrected chi connectivity index (χ3v) is 3.93. The van der Waals surface area contributed by atoms with Crippen LogP contribution >= 0.6 is 23.2 Å². The normalized spacial score (nSPS) is 11.3. The number of hydrogen-bond acceptors (Lipinski definition) is 1. The zero-order valence-electron chi connectivity index (χ0n) is 11.2. The van der Waals surface area contributed by atoms with Gasteiger partial charge in [0, 0.05) is 29.3 Å². The lowest BCUT2D eigenvalue weighted by atomic mass is 10.2. The predicted octanol–water partition coefficient (Wildman–Crippen LogP) is 4.60. The molecule has 0 aliphatic carbocycles. The highest BCUT2D eigenvalue weighted by Crippen LogP contribution is 2.29. The maximum absolute atomic E-state index is 6.22. The number of aromatic nitrogens is 3. The maximum atomic E-state index is 6.22. The predicted molar refractivity (Wildman–Crippen MR) is 83.6 cm³/mol. The molecule has 0 bridgehead atoms. The highest BCUT2D eigenvalue weighted by atomic mass is 35.5. The smallest absolute Gasteiger partial charge is 0.0948 e. The molecule has 3 rings (SSSR count). The Balaban J connectivity index is 2.00. The second-order valence-electron chi connectivity index (χ2n) is 4.84. The summed E-state index contributed by atoms with van der Waals surface area (Å²) in [5.74, 6) is 0. The first kappa shape index (κ1) is 13.5. The second-order valence-corrected chi connectivity index (χ2v) is 5.69. The number of nitrogens with zero attached hydrogens (tertiary/aromatic N) is 3. The van der Waals surface area contributed by atoms with E-state index in [0.717, 1.165) is 30.4 Å². The van der Waals surface area contributed by atoms with Gasteiger partial charge >= 0.3 is 0 Å². The average molecular weight is 308 g/mol. The van der Waals surface area contributed by atoms with E-state index in [9.17, 15) is 0 Å². The first-order valence-corrected chi connectivity index (χ1v) is 7.37. The molecule has 0 radical (unpaired) electrons. The van der Waals surface area contributed by atoms with Crippen LogP contribution in [0.1, 0.15) is 19.0 Å². The van der Waals surface area contributed by atoms with E-state index < -0.39 is 0 Å². The Morgan fingerprint density at radius 3 is 2.85 bits per heavy atom. The molecule has 1 aromatic carbocycles. The van der Waals surface area contributed by atoms with Crippen LogP contribution in [0.4, 0.5) is 0 Å². The molecule has 2 heterocycles. The van der Waals surface area contributed by atoms with Gasteiger partial charge in [0.15, 0.2) is 0 Å². The largest absolute Gasteiger partial charge is 0.341 e. The zero-order valence-corrected chi connectivity index (χ0v) is 12.7. The van der Waals surface area contributed by atoms with Gasteiger partial charge in [0.25, 0.3) is 0 Å². The van der Waals surface area contributed by atoms with Crippen LogP contribution in [0.2, 0.25) is 10.0 Å².